The van der Waals surface area contributed by atoms with E-state index in [0.717, 1.165) is 13.1 Å². The third-order valence-electron chi connectivity index (χ3n) is 4.26. The average Bonchev–Trinajstić information content (AvgIpc) is 2.74. The van der Waals surface area contributed by atoms with E-state index in [1.165, 1.54) is 45.1 Å². The first-order chi connectivity index (χ1) is 7.26. The lowest BCUT2D eigenvalue weighted by Crippen LogP contribution is -2.36. The van der Waals surface area contributed by atoms with Crippen molar-refractivity contribution in [2.45, 2.75) is 52.4 Å². The van der Waals surface area contributed by atoms with Crippen LogP contribution in [0.1, 0.15) is 52.4 Å². The van der Waals surface area contributed by atoms with Crippen LogP contribution < -0.4 is 11.1 Å². The van der Waals surface area contributed by atoms with E-state index in [-0.39, 0.29) is 0 Å². The summed E-state index contributed by atoms with van der Waals surface area (Å²) in [4.78, 5) is 0. The Kier molecular flexibility index (Phi) is 5.62. The summed E-state index contributed by atoms with van der Waals surface area (Å²) in [5, 5.41) is 3.64. The van der Waals surface area contributed by atoms with Gasteiger partial charge in [-0.1, -0.05) is 33.1 Å². The van der Waals surface area contributed by atoms with Crippen molar-refractivity contribution in [2.75, 3.05) is 19.6 Å². The van der Waals surface area contributed by atoms with E-state index in [4.69, 9.17) is 5.73 Å². The molecule has 15 heavy (non-hydrogen) atoms. The van der Waals surface area contributed by atoms with Crippen molar-refractivity contribution < 1.29 is 0 Å². The molecule has 90 valence electrons. The van der Waals surface area contributed by atoms with Gasteiger partial charge in [0.2, 0.25) is 0 Å². The Morgan fingerprint density at radius 1 is 1.27 bits per heavy atom. The molecular formula is C13H28N2. The van der Waals surface area contributed by atoms with E-state index >= 15 is 0 Å². The van der Waals surface area contributed by atoms with Gasteiger partial charge in [0.05, 0.1) is 0 Å². The molecule has 0 aromatic heterocycles. The second-order valence-corrected chi connectivity index (χ2v) is 5.20. The highest BCUT2D eigenvalue weighted by molar-refractivity contribution is 4.85. The molecule has 0 radical (unpaired) electrons. The van der Waals surface area contributed by atoms with Crippen molar-refractivity contribution in [3.05, 3.63) is 0 Å². The lowest BCUT2D eigenvalue weighted by atomic mass is 9.83. The molecule has 1 aliphatic carbocycles. The molecule has 0 bridgehead atoms. The highest BCUT2D eigenvalue weighted by Gasteiger charge is 2.31. The highest BCUT2D eigenvalue weighted by Crippen LogP contribution is 2.40. The maximum Gasteiger partial charge on any atom is 0.000783 e. The van der Waals surface area contributed by atoms with Gasteiger partial charge in [0.25, 0.3) is 0 Å². The molecular weight excluding hydrogens is 184 g/mol. The Balaban J connectivity index is 2.22. The molecule has 0 aliphatic heterocycles. The molecule has 0 heterocycles. The monoisotopic (exact) mass is 212 g/mol. The van der Waals surface area contributed by atoms with Crippen LogP contribution in [0.2, 0.25) is 0 Å². The van der Waals surface area contributed by atoms with Gasteiger partial charge in [0.1, 0.15) is 0 Å². The van der Waals surface area contributed by atoms with Gasteiger partial charge in [-0.3, -0.25) is 0 Å². The summed E-state index contributed by atoms with van der Waals surface area (Å²) in [5.74, 6) is 0.667. The van der Waals surface area contributed by atoms with E-state index < -0.39 is 0 Å². The van der Waals surface area contributed by atoms with Crippen LogP contribution in [-0.4, -0.2) is 19.6 Å². The molecule has 0 spiro atoms. The molecule has 1 atom stereocenters. The molecule has 0 saturated heterocycles. The van der Waals surface area contributed by atoms with Crippen molar-refractivity contribution in [1.82, 2.24) is 5.32 Å². The van der Waals surface area contributed by atoms with Gasteiger partial charge in [0, 0.05) is 6.54 Å². The Bertz CT molecular complexity index is 158. The van der Waals surface area contributed by atoms with Crippen molar-refractivity contribution in [2.24, 2.45) is 17.1 Å². The molecule has 0 aromatic rings. The number of rotatable bonds is 7. The zero-order valence-electron chi connectivity index (χ0n) is 10.5. The molecule has 3 N–H and O–H groups in total. The van der Waals surface area contributed by atoms with E-state index in [2.05, 4.69) is 19.2 Å². The van der Waals surface area contributed by atoms with E-state index in [0.29, 0.717) is 11.3 Å². The molecule has 0 amide bonds. The number of nitrogens with two attached hydrogens (primary N) is 1. The number of hydrogen-bond donors (Lipinski definition) is 2. The molecule has 1 aliphatic rings. The van der Waals surface area contributed by atoms with Crippen molar-refractivity contribution in [1.29, 1.82) is 0 Å². The van der Waals surface area contributed by atoms with E-state index in [1.807, 2.05) is 0 Å². The van der Waals surface area contributed by atoms with Gasteiger partial charge in [-0.25, -0.2) is 0 Å². The predicted octanol–water partition coefficient (Wildman–Crippen LogP) is 2.53. The Morgan fingerprint density at radius 3 is 2.40 bits per heavy atom. The fraction of sp³-hybridized carbons (Fsp3) is 1.00. The van der Waals surface area contributed by atoms with Crippen molar-refractivity contribution >= 4 is 0 Å². The third kappa shape index (κ3) is 3.76. The van der Waals surface area contributed by atoms with Gasteiger partial charge in [-0.15, -0.1) is 0 Å². The minimum Gasteiger partial charge on any atom is -0.330 e. The number of hydrogen-bond acceptors (Lipinski definition) is 2. The van der Waals surface area contributed by atoms with Crippen molar-refractivity contribution in [3.8, 4) is 0 Å². The second-order valence-electron chi connectivity index (χ2n) is 5.20. The van der Waals surface area contributed by atoms with Crippen LogP contribution in [-0.2, 0) is 0 Å². The second kappa shape index (κ2) is 6.49. The molecule has 1 saturated carbocycles. The van der Waals surface area contributed by atoms with Gasteiger partial charge in [-0.2, -0.15) is 0 Å². The van der Waals surface area contributed by atoms with Gasteiger partial charge in [-0.05, 0) is 43.7 Å². The Hall–Kier alpha value is -0.0800. The topological polar surface area (TPSA) is 38.0 Å². The summed E-state index contributed by atoms with van der Waals surface area (Å²) < 4.78 is 0. The van der Waals surface area contributed by atoms with Gasteiger partial charge < -0.3 is 11.1 Å². The minimum absolute atomic E-state index is 0.618. The summed E-state index contributed by atoms with van der Waals surface area (Å²) in [6.45, 7) is 7.70. The van der Waals surface area contributed by atoms with Crippen molar-refractivity contribution in [3.63, 3.8) is 0 Å². The van der Waals surface area contributed by atoms with Crippen LogP contribution in [0.25, 0.3) is 0 Å². The van der Waals surface area contributed by atoms with Crippen LogP contribution in [0.4, 0.5) is 0 Å². The zero-order chi connectivity index (χ0) is 11.1. The zero-order valence-corrected chi connectivity index (χ0v) is 10.5. The molecule has 0 aromatic carbocycles. The molecule has 2 nitrogen and oxygen atoms in total. The summed E-state index contributed by atoms with van der Waals surface area (Å²) in [6.07, 6.45) is 8.25. The first-order valence-electron chi connectivity index (χ1n) is 6.67. The fourth-order valence-electron chi connectivity index (χ4n) is 2.72. The third-order valence-corrected chi connectivity index (χ3v) is 4.26. The van der Waals surface area contributed by atoms with Gasteiger partial charge >= 0.3 is 0 Å². The van der Waals surface area contributed by atoms with E-state index in [1.54, 1.807) is 0 Å². The standard InChI is InChI=1S/C13H28N2/c1-3-12(9-14)10-15-11-13(4-2)7-5-6-8-13/h12,15H,3-11,14H2,1-2H3. The van der Waals surface area contributed by atoms with Crippen LogP contribution in [0.5, 0.6) is 0 Å². The first kappa shape index (κ1) is 13.0. The molecule has 1 unspecified atom stereocenters. The molecule has 1 rings (SSSR count). The lowest BCUT2D eigenvalue weighted by Gasteiger charge is -2.28. The summed E-state index contributed by atoms with van der Waals surface area (Å²) in [6, 6.07) is 0. The summed E-state index contributed by atoms with van der Waals surface area (Å²) >= 11 is 0. The van der Waals surface area contributed by atoms with Crippen LogP contribution in [0.15, 0.2) is 0 Å². The lowest BCUT2D eigenvalue weighted by molar-refractivity contribution is 0.261. The Labute approximate surface area is 95.0 Å². The summed E-state index contributed by atoms with van der Waals surface area (Å²) in [7, 11) is 0. The van der Waals surface area contributed by atoms with Crippen LogP contribution >= 0.6 is 0 Å². The predicted molar refractivity (Wildman–Crippen MR) is 66.9 cm³/mol. The quantitative estimate of drug-likeness (QED) is 0.680. The summed E-state index contributed by atoms with van der Waals surface area (Å²) in [5.41, 5.74) is 6.32. The largest absolute Gasteiger partial charge is 0.330 e. The smallest absolute Gasteiger partial charge is 0.000783 e. The fourth-order valence-corrected chi connectivity index (χ4v) is 2.72. The normalized spacial score (nSPS) is 21.8. The SMILES string of the molecule is CCC(CN)CNCC1(CC)CCCC1. The maximum absolute atomic E-state index is 5.70. The molecule has 1 fully saturated rings. The maximum atomic E-state index is 5.70. The van der Waals surface area contributed by atoms with Crippen LogP contribution in [0, 0.1) is 11.3 Å². The minimum atomic E-state index is 0.618. The Morgan fingerprint density at radius 2 is 1.93 bits per heavy atom. The average molecular weight is 212 g/mol. The van der Waals surface area contributed by atoms with E-state index in [9.17, 15) is 0 Å². The van der Waals surface area contributed by atoms with Gasteiger partial charge in [0.15, 0.2) is 0 Å². The highest BCUT2D eigenvalue weighted by atomic mass is 14.9. The first-order valence-corrected chi connectivity index (χ1v) is 6.67. The molecule has 2 heteroatoms. The number of nitrogens with one attached hydrogen (secondary N) is 1. The van der Waals surface area contributed by atoms with Crippen LogP contribution in [0.3, 0.4) is 0 Å².